The van der Waals surface area contributed by atoms with Crippen LogP contribution in [0.25, 0.3) is 10.2 Å². The second-order valence-electron chi connectivity index (χ2n) is 4.75. The molecule has 80 valence electrons. The van der Waals surface area contributed by atoms with Gasteiger partial charge in [0.05, 0.1) is 5.69 Å². The summed E-state index contributed by atoms with van der Waals surface area (Å²) in [6, 6.07) is 2.25. The van der Waals surface area contributed by atoms with E-state index in [0.29, 0.717) is 0 Å². The van der Waals surface area contributed by atoms with E-state index >= 15 is 0 Å². The topological polar surface area (TPSA) is 25.8 Å². The maximum Gasteiger partial charge on any atom is 0.127 e. The molecule has 2 rings (SSSR count). The minimum atomic E-state index is 0.205. The van der Waals surface area contributed by atoms with Crippen LogP contribution < -0.4 is 0 Å². The van der Waals surface area contributed by atoms with Gasteiger partial charge in [0.15, 0.2) is 0 Å². The second kappa shape index (κ2) is 3.56. The van der Waals surface area contributed by atoms with Gasteiger partial charge in [0.1, 0.15) is 11.2 Å². The highest BCUT2D eigenvalue weighted by molar-refractivity contribution is 7.18. The normalized spacial score (nSPS) is 12.3. The molecule has 0 saturated carbocycles. The van der Waals surface area contributed by atoms with Gasteiger partial charge in [0.2, 0.25) is 0 Å². The summed E-state index contributed by atoms with van der Waals surface area (Å²) in [7, 11) is 0. The van der Waals surface area contributed by atoms with Crippen LogP contribution in [0.5, 0.6) is 0 Å². The Morgan fingerprint density at radius 1 is 1.27 bits per heavy atom. The van der Waals surface area contributed by atoms with Gasteiger partial charge in [-0.25, -0.2) is 9.97 Å². The van der Waals surface area contributed by atoms with Crippen molar-refractivity contribution in [2.75, 3.05) is 0 Å². The maximum absolute atomic E-state index is 4.33. The molecule has 0 radical (unpaired) electrons. The predicted molar refractivity (Wildman–Crippen MR) is 65.5 cm³/mol. The van der Waals surface area contributed by atoms with Gasteiger partial charge in [-0.1, -0.05) is 27.7 Å². The first kappa shape index (κ1) is 10.6. The van der Waals surface area contributed by atoms with Crippen molar-refractivity contribution in [1.82, 2.24) is 9.97 Å². The highest BCUT2D eigenvalue weighted by Crippen LogP contribution is 2.33. The molecule has 15 heavy (non-hydrogen) atoms. The number of aromatic nitrogens is 2. The fraction of sp³-hybridized carbons (Fsp3) is 0.500. The van der Waals surface area contributed by atoms with Crippen LogP contribution in [0.3, 0.4) is 0 Å². The number of hydrogen-bond donors (Lipinski definition) is 0. The Balaban J connectivity index is 2.65. The number of nitrogens with zero attached hydrogens (tertiary/aromatic N) is 2. The quantitative estimate of drug-likeness (QED) is 0.734. The molecule has 0 saturated heterocycles. The fourth-order valence-electron chi connectivity index (χ4n) is 1.56. The first-order valence-electron chi connectivity index (χ1n) is 5.26. The molecule has 0 bridgehead atoms. The third kappa shape index (κ3) is 1.88. The largest absolute Gasteiger partial charge is 0.241 e. The van der Waals surface area contributed by atoms with Crippen molar-refractivity contribution >= 4 is 21.6 Å². The Kier molecular flexibility index (Phi) is 2.51. The monoisotopic (exact) mass is 220 g/mol. The van der Waals surface area contributed by atoms with Crippen molar-refractivity contribution in [2.24, 2.45) is 0 Å². The van der Waals surface area contributed by atoms with E-state index in [4.69, 9.17) is 0 Å². The van der Waals surface area contributed by atoms with Crippen LogP contribution in [-0.4, -0.2) is 9.97 Å². The van der Waals surface area contributed by atoms with E-state index < -0.39 is 0 Å². The van der Waals surface area contributed by atoms with Crippen LogP contribution in [0.2, 0.25) is 0 Å². The summed E-state index contributed by atoms with van der Waals surface area (Å²) in [6.45, 7) is 8.83. The maximum atomic E-state index is 4.33. The average molecular weight is 220 g/mol. The zero-order valence-electron chi connectivity index (χ0n) is 9.66. The van der Waals surface area contributed by atoms with E-state index in [0.717, 1.165) is 16.9 Å². The van der Waals surface area contributed by atoms with Gasteiger partial charge < -0.3 is 0 Å². The van der Waals surface area contributed by atoms with E-state index in [-0.39, 0.29) is 5.41 Å². The van der Waals surface area contributed by atoms with Crippen molar-refractivity contribution in [1.29, 1.82) is 0 Å². The molecule has 0 N–H and O–H groups in total. The van der Waals surface area contributed by atoms with Crippen molar-refractivity contribution < 1.29 is 0 Å². The Bertz CT molecular complexity index is 480. The number of thiophene rings is 1. The zero-order chi connectivity index (χ0) is 11.1. The third-order valence-electron chi connectivity index (χ3n) is 2.49. The van der Waals surface area contributed by atoms with Crippen molar-refractivity contribution in [3.63, 3.8) is 0 Å². The number of hydrogen-bond acceptors (Lipinski definition) is 3. The Morgan fingerprint density at radius 3 is 2.60 bits per heavy atom. The molecule has 2 heterocycles. The first-order chi connectivity index (χ1) is 7.02. The lowest BCUT2D eigenvalue weighted by molar-refractivity contribution is 0.604. The van der Waals surface area contributed by atoms with E-state index in [2.05, 4.69) is 43.7 Å². The second-order valence-corrected chi connectivity index (χ2v) is 5.78. The zero-order valence-corrected chi connectivity index (χ0v) is 10.5. The predicted octanol–water partition coefficient (Wildman–Crippen LogP) is 3.55. The third-order valence-corrected chi connectivity index (χ3v) is 3.95. The molecule has 2 nitrogen and oxygen atoms in total. The van der Waals surface area contributed by atoms with Gasteiger partial charge in [0.25, 0.3) is 0 Å². The highest BCUT2D eigenvalue weighted by atomic mass is 32.1. The van der Waals surface area contributed by atoms with Crippen molar-refractivity contribution in [3.05, 3.63) is 23.0 Å². The molecular formula is C12H16N2S. The molecule has 0 aliphatic rings. The highest BCUT2D eigenvalue weighted by Gasteiger charge is 2.18. The summed E-state index contributed by atoms with van der Waals surface area (Å²) in [5.74, 6) is 0. The molecule has 0 unspecified atom stereocenters. The summed E-state index contributed by atoms with van der Waals surface area (Å²) < 4.78 is 0. The average Bonchev–Trinajstić information content (AvgIpc) is 2.59. The summed E-state index contributed by atoms with van der Waals surface area (Å²) in [5.41, 5.74) is 1.36. The lowest BCUT2D eigenvalue weighted by Gasteiger charge is -2.14. The summed E-state index contributed by atoms with van der Waals surface area (Å²) in [5, 5.41) is 1.23. The molecule has 0 aliphatic carbocycles. The first-order valence-corrected chi connectivity index (χ1v) is 6.08. The van der Waals surface area contributed by atoms with Gasteiger partial charge in [-0.05, 0) is 17.9 Å². The minimum Gasteiger partial charge on any atom is -0.241 e. The van der Waals surface area contributed by atoms with Gasteiger partial charge in [-0.3, -0.25) is 0 Å². The van der Waals surface area contributed by atoms with Crippen LogP contribution >= 0.6 is 11.3 Å². The van der Waals surface area contributed by atoms with Gasteiger partial charge in [-0.2, -0.15) is 0 Å². The van der Waals surface area contributed by atoms with E-state index in [1.165, 1.54) is 10.3 Å². The smallest absolute Gasteiger partial charge is 0.127 e. The van der Waals surface area contributed by atoms with Crippen LogP contribution in [0.1, 0.15) is 38.3 Å². The van der Waals surface area contributed by atoms with Crippen molar-refractivity contribution in [2.45, 2.75) is 39.5 Å². The van der Waals surface area contributed by atoms with Crippen LogP contribution in [0.15, 0.2) is 12.4 Å². The van der Waals surface area contributed by atoms with Gasteiger partial charge >= 0.3 is 0 Å². The lowest BCUT2D eigenvalue weighted by Crippen LogP contribution is -2.07. The van der Waals surface area contributed by atoms with Gasteiger partial charge in [0, 0.05) is 10.3 Å². The molecular weight excluding hydrogens is 204 g/mol. The number of fused-ring (bicyclic) bond motifs is 1. The molecule has 0 amide bonds. The molecule has 0 fully saturated rings. The Hall–Kier alpha value is -0.960. The molecule has 0 atom stereocenters. The Morgan fingerprint density at radius 2 is 2.00 bits per heavy atom. The van der Waals surface area contributed by atoms with E-state index in [1.807, 2.05) is 0 Å². The number of aryl methyl sites for hydroxylation is 1. The molecule has 3 heteroatoms. The van der Waals surface area contributed by atoms with Gasteiger partial charge in [-0.15, -0.1) is 11.3 Å². The minimum absolute atomic E-state index is 0.205. The van der Waals surface area contributed by atoms with Crippen LogP contribution in [0, 0.1) is 0 Å². The SMILES string of the molecule is CCc1ncnc2sc(C(C)(C)C)cc12. The van der Waals surface area contributed by atoms with E-state index in [1.54, 1.807) is 17.7 Å². The molecule has 2 aromatic rings. The molecule has 2 aromatic heterocycles. The summed E-state index contributed by atoms with van der Waals surface area (Å²) in [4.78, 5) is 11.1. The molecule has 0 aromatic carbocycles. The number of rotatable bonds is 1. The summed E-state index contributed by atoms with van der Waals surface area (Å²) >= 11 is 1.78. The fourth-order valence-corrected chi connectivity index (χ4v) is 2.63. The summed E-state index contributed by atoms with van der Waals surface area (Å²) in [6.07, 6.45) is 2.64. The van der Waals surface area contributed by atoms with Crippen LogP contribution in [0.4, 0.5) is 0 Å². The Labute approximate surface area is 94.4 Å². The van der Waals surface area contributed by atoms with Crippen molar-refractivity contribution in [3.8, 4) is 0 Å². The van der Waals surface area contributed by atoms with Crippen LogP contribution in [-0.2, 0) is 11.8 Å². The molecule has 0 aliphatic heterocycles. The standard InChI is InChI=1S/C12H16N2S/c1-5-9-8-6-10(12(2,3)4)15-11(8)14-7-13-9/h6-7H,5H2,1-4H3. The van der Waals surface area contributed by atoms with E-state index in [9.17, 15) is 0 Å². The lowest BCUT2D eigenvalue weighted by atomic mass is 9.94. The molecule has 0 spiro atoms.